The minimum absolute atomic E-state index is 0. The van der Waals surface area contributed by atoms with Gasteiger partial charge in [-0.25, -0.2) is 8.42 Å². The van der Waals surface area contributed by atoms with Crippen molar-refractivity contribution in [2.45, 2.75) is 56.4 Å². The molecule has 0 radical (unpaired) electrons. The van der Waals surface area contributed by atoms with Crippen molar-refractivity contribution in [1.82, 2.24) is 14.9 Å². The Hall–Kier alpha value is -1.15. The Balaban J connectivity index is 0.00000280. The Labute approximate surface area is 174 Å². The summed E-state index contributed by atoms with van der Waals surface area (Å²) in [6, 6.07) is 7.36. The van der Waals surface area contributed by atoms with E-state index in [-0.39, 0.29) is 30.3 Å². The van der Waals surface area contributed by atoms with Gasteiger partial charge in [0.2, 0.25) is 15.9 Å². The molecule has 2 saturated heterocycles. The third-order valence-corrected chi connectivity index (χ3v) is 7.57. The molecule has 0 saturated carbocycles. The summed E-state index contributed by atoms with van der Waals surface area (Å²) in [7, 11) is -3.49. The SMILES string of the molecule is CC(C)c1ccc(S(=O)(=O)N2CCC(C(=O)N[C@H]3CCCNC3)CC2)cc1.Cl. The van der Waals surface area contributed by atoms with E-state index in [0.29, 0.717) is 36.7 Å². The van der Waals surface area contributed by atoms with Crippen molar-refractivity contribution in [3.05, 3.63) is 29.8 Å². The van der Waals surface area contributed by atoms with Crippen LogP contribution in [0.2, 0.25) is 0 Å². The number of halogens is 1. The molecule has 2 fully saturated rings. The average molecular weight is 430 g/mol. The summed E-state index contributed by atoms with van der Waals surface area (Å²) in [6.45, 7) is 6.81. The number of hydrogen-bond donors (Lipinski definition) is 2. The van der Waals surface area contributed by atoms with E-state index in [2.05, 4.69) is 24.5 Å². The fraction of sp³-hybridized carbons (Fsp3) is 0.650. The van der Waals surface area contributed by atoms with Crippen LogP contribution in [0.1, 0.15) is 51.0 Å². The molecule has 1 amide bonds. The second-order valence-electron chi connectivity index (χ2n) is 7.95. The number of hydrogen-bond acceptors (Lipinski definition) is 4. The van der Waals surface area contributed by atoms with E-state index in [1.165, 1.54) is 4.31 Å². The van der Waals surface area contributed by atoms with E-state index in [1.54, 1.807) is 12.1 Å². The highest BCUT2D eigenvalue weighted by atomic mass is 35.5. The zero-order valence-electron chi connectivity index (χ0n) is 16.7. The molecule has 2 heterocycles. The molecule has 0 aromatic heterocycles. The van der Waals surface area contributed by atoms with Gasteiger partial charge in [-0.2, -0.15) is 4.31 Å². The lowest BCUT2D eigenvalue weighted by atomic mass is 9.96. The number of carbonyl (C=O) groups excluding carboxylic acids is 1. The highest BCUT2D eigenvalue weighted by Gasteiger charge is 2.32. The molecular formula is C20H32ClN3O3S. The first-order valence-electron chi connectivity index (χ1n) is 9.99. The number of rotatable bonds is 5. The monoisotopic (exact) mass is 429 g/mol. The molecule has 0 bridgehead atoms. The topological polar surface area (TPSA) is 78.5 Å². The molecule has 6 nitrogen and oxygen atoms in total. The number of nitrogens with zero attached hydrogens (tertiary/aromatic N) is 1. The zero-order chi connectivity index (χ0) is 19.4. The first-order valence-corrected chi connectivity index (χ1v) is 11.4. The van der Waals surface area contributed by atoms with Gasteiger partial charge in [0, 0.05) is 31.6 Å². The number of amides is 1. The maximum absolute atomic E-state index is 12.9. The van der Waals surface area contributed by atoms with Gasteiger partial charge < -0.3 is 10.6 Å². The van der Waals surface area contributed by atoms with E-state index in [9.17, 15) is 13.2 Å². The number of piperidine rings is 2. The summed E-state index contributed by atoms with van der Waals surface area (Å²) in [6.07, 6.45) is 3.25. The van der Waals surface area contributed by atoms with Crippen LogP contribution in [0, 0.1) is 5.92 Å². The summed E-state index contributed by atoms with van der Waals surface area (Å²) in [4.78, 5) is 12.8. The molecule has 158 valence electrons. The van der Waals surface area contributed by atoms with Crippen molar-refractivity contribution in [3.8, 4) is 0 Å². The summed E-state index contributed by atoms with van der Waals surface area (Å²) >= 11 is 0. The number of benzene rings is 1. The van der Waals surface area contributed by atoms with Crippen LogP contribution < -0.4 is 10.6 Å². The van der Waals surface area contributed by atoms with E-state index in [1.807, 2.05) is 12.1 Å². The van der Waals surface area contributed by atoms with E-state index in [4.69, 9.17) is 0 Å². The second-order valence-corrected chi connectivity index (χ2v) is 9.89. The largest absolute Gasteiger partial charge is 0.352 e. The summed E-state index contributed by atoms with van der Waals surface area (Å²) in [5, 5.41) is 6.42. The van der Waals surface area contributed by atoms with Crippen LogP contribution in [0.4, 0.5) is 0 Å². The maximum atomic E-state index is 12.9. The smallest absolute Gasteiger partial charge is 0.243 e. The summed E-state index contributed by atoms with van der Waals surface area (Å²) in [5.74, 6) is 0.346. The van der Waals surface area contributed by atoms with Gasteiger partial charge in [0.1, 0.15) is 0 Å². The van der Waals surface area contributed by atoms with Gasteiger partial charge >= 0.3 is 0 Å². The first kappa shape index (κ1) is 23.1. The standard InChI is InChI=1S/C20H31N3O3S.ClH/c1-15(2)16-5-7-19(8-6-16)27(25,26)23-12-9-17(10-13-23)20(24)22-18-4-3-11-21-14-18;/h5-8,15,17-18,21H,3-4,9-14H2,1-2H3,(H,22,24);1H/t18-;/m0./s1. The molecule has 0 unspecified atom stereocenters. The lowest BCUT2D eigenvalue weighted by Crippen LogP contribution is -2.49. The zero-order valence-corrected chi connectivity index (χ0v) is 18.3. The van der Waals surface area contributed by atoms with Crippen LogP contribution >= 0.6 is 12.4 Å². The van der Waals surface area contributed by atoms with Crippen molar-refractivity contribution < 1.29 is 13.2 Å². The molecule has 8 heteroatoms. The number of nitrogens with one attached hydrogen (secondary N) is 2. The van der Waals surface area contributed by atoms with Crippen LogP contribution in [0.3, 0.4) is 0 Å². The Morgan fingerprint density at radius 3 is 2.32 bits per heavy atom. The molecule has 1 aromatic rings. The van der Waals surface area contributed by atoms with E-state index in [0.717, 1.165) is 31.5 Å². The van der Waals surface area contributed by atoms with Gasteiger partial charge in [0.05, 0.1) is 4.90 Å². The molecule has 1 aromatic carbocycles. The van der Waals surface area contributed by atoms with Crippen LogP contribution in [0.5, 0.6) is 0 Å². The fourth-order valence-electron chi connectivity index (χ4n) is 3.83. The minimum Gasteiger partial charge on any atom is -0.352 e. The van der Waals surface area contributed by atoms with Crippen LogP contribution in [-0.4, -0.2) is 50.9 Å². The highest BCUT2D eigenvalue weighted by molar-refractivity contribution is 7.89. The van der Waals surface area contributed by atoms with Gasteiger partial charge in [0.15, 0.2) is 0 Å². The summed E-state index contributed by atoms with van der Waals surface area (Å²) in [5.41, 5.74) is 1.13. The minimum atomic E-state index is -3.49. The third-order valence-electron chi connectivity index (χ3n) is 5.65. The normalized spacial score (nSPS) is 21.9. The number of carbonyl (C=O) groups is 1. The van der Waals surface area contributed by atoms with Crippen LogP contribution in [0.25, 0.3) is 0 Å². The van der Waals surface area contributed by atoms with E-state index >= 15 is 0 Å². The third kappa shape index (κ3) is 5.47. The van der Waals surface area contributed by atoms with Crippen LogP contribution in [-0.2, 0) is 14.8 Å². The molecule has 2 aliphatic heterocycles. The predicted octanol–water partition coefficient (Wildman–Crippen LogP) is 2.50. The lowest BCUT2D eigenvalue weighted by molar-refractivity contribution is -0.126. The Morgan fingerprint density at radius 1 is 1.14 bits per heavy atom. The van der Waals surface area contributed by atoms with Crippen molar-refractivity contribution in [2.75, 3.05) is 26.2 Å². The van der Waals surface area contributed by atoms with Gasteiger partial charge in [0.25, 0.3) is 0 Å². The Bertz CT molecular complexity index is 738. The summed E-state index contributed by atoms with van der Waals surface area (Å²) < 4.78 is 27.3. The fourth-order valence-corrected chi connectivity index (χ4v) is 5.30. The molecule has 2 N–H and O–H groups in total. The van der Waals surface area contributed by atoms with Crippen molar-refractivity contribution in [1.29, 1.82) is 0 Å². The predicted molar refractivity (Wildman–Crippen MR) is 113 cm³/mol. The molecule has 28 heavy (non-hydrogen) atoms. The molecular weight excluding hydrogens is 398 g/mol. The molecule has 2 aliphatic rings. The van der Waals surface area contributed by atoms with Crippen molar-refractivity contribution >= 4 is 28.3 Å². The average Bonchev–Trinajstić information content (AvgIpc) is 2.69. The maximum Gasteiger partial charge on any atom is 0.243 e. The second kappa shape index (κ2) is 10.1. The molecule has 3 rings (SSSR count). The van der Waals surface area contributed by atoms with Gasteiger partial charge in [-0.15, -0.1) is 12.4 Å². The molecule has 0 spiro atoms. The van der Waals surface area contributed by atoms with Crippen molar-refractivity contribution in [3.63, 3.8) is 0 Å². The van der Waals surface area contributed by atoms with Gasteiger partial charge in [-0.3, -0.25) is 4.79 Å². The van der Waals surface area contributed by atoms with Crippen molar-refractivity contribution in [2.24, 2.45) is 5.92 Å². The Kier molecular flexibility index (Phi) is 8.30. The quantitative estimate of drug-likeness (QED) is 0.753. The molecule has 0 aliphatic carbocycles. The van der Waals surface area contributed by atoms with E-state index < -0.39 is 10.0 Å². The van der Waals surface area contributed by atoms with Crippen LogP contribution in [0.15, 0.2) is 29.2 Å². The highest BCUT2D eigenvalue weighted by Crippen LogP contribution is 2.25. The molecule has 1 atom stereocenters. The van der Waals surface area contributed by atoms with Gasteiger partial charge in [-0.1, -0.05) is 26.0 Å². The Morgan fingerprint density at radius 2 is 1.79 bits per heavy atom. The lowest BCUT2D eigenvalue weighted by Gasteiger charge is -2.32. The van der Waals surface area contributed by atoms with Gasteiger partial charge in [-0.05, 0) is 55.8 Å². The number of sulfonamides is 1. The first-order chi connectivity index (χ1) is 12.9.